The van der Waals surface area contributed by atoms with Crippen LogP contribution in [0.1, 0.15) is 194 Å². The number of esters is 2. The van der Waals surface area contributed by atoms with Crippen LogP contribution >= 0.6 is 11.8 Å². The third-order valence-corrected chi connectivity index (χ3v) is 22.9. The number of ether oxygens (including phenoxy) is 5. The van der Waals surface area contributed by atoms with Crippen molar-refractivity contribution in [2.24, 2.45) is 21.7 Å². The van der Waals surface area contributed by atoms with Gasteiger partial charge in [0.25, 0.3) is 0 Å². The Morgan fingerprint density at radius 2 is 0.694 bits per heavy atom. The number of carbonyl (C=O) groups is 2. The van der Waals surface area contributed by atoms with Crippen molar-refractivity contribution in [2.75, 3.05) is 4.90 Å². The molecule has 14 aromatic carbocycles. The monoisotopic (exact) mass is 1440 g/mol. The van der Waals surface area contributed by atoms with Crippen LogP contribution in [-0.2, 0) is 21.0 Å². The average Bonchev–Trinajstić information content (AvgIpc) is 0.676. The van der Waals surface area contributed by atoms with Crippen molar-refractivity contribution in [1.29, 1.82) is 0 Å². The van der Waals surface area contributed by atoms with E-state index < -0.39 is 11.9 Å². The third kappa shape index (κ3) is 13.1. The van der Waals surface area contributed by atoms with Crippen molar-refractivity contribution in [3.05, 3.63) is 240 Å². The van der Waals surface area contributed by atoms with Gasteiger partial charge in [-0.25, -0.2) is 9.59 Å². The van der Waals surface area contributed by atoms with Crippen molar-refractivity contribution in [1.82, 2.24) is 0 Å². The normalized spacial score (nSPS) is 14.1. The maximum Gasteiger partial charge on any atom is 0.346 e. The number of anilines is 3. The lowest BCUT2D eigenvalue weighted by molar-refractivity contribution is 0.0390. The van der Waals surface area contributed by atoms with E-state index in [2.05, 4.69) is 306 Å². The van der Waals surface area contributed by atoms with Gasteiger partial charge in [0.2, 0.25) is 0 Å². The zero-order chi connectivity index (χ0) is 76.3. The third-order valence-electron chi connectivity index (χ3n) is 21.8. The largest absolute Gasteiger partial charge is 0.457 e. The van der Waals surface area contributed by atoms with Crippen LogP contribution in [0.3, 0.4) is 0 Å². The van der Waals surface area contributed by atoms with Crippen LogP contribution in [0, 0.1) is 21.7 Å². The lowest BCUT2D eigenvalue weighted by Gasteiger charge is -2.34. The van der Waals surface area contributed by atoms with Crippen LogP contribution in [0.4, 0.5) is 17.1 Å². The van der Waals surface area contributed by atoms with E-state index in [0.29, 0.717) is 67.5 Å². The molecule has 108 heavy (non-hydrogen) atoms. The first kappa shape index (κ1) is 71.9. The average molecular weight is 1440 g/mol. The highest BCUT2D eigenvalue weighted by Gasteiger charge is 2.38. The van der Waals surface area contributed by atoms with E-state index in [1.807, 2.05) is 24.3 Å². The first-order valence-electron chi connectivity index (χ1n) is 38.1. The minimum absolute atomic E-state index is 0.0197. The predicted octanol–water partition coefficient (Wildman–Crippen LogP) is 29.6. The zero-order valence-electron chi connectivity index (χ0n) is 66.0. The number of allylic oxidation sites excluding steroid dienone is 2. The summed E-state index contributed by atoms with van der Waals surface area (Å²) in [6, 6.07) is 70.3. The fraction of sp³-hybridized carbons (Fsp3) is 0.293. The Morgan fingerprint density at radius 1 is 0.352 bits per heavy atom. The molecule has 14 aromatic rings. The van der Waals surface area contributed by atoms with Crippen LogP contribution in [0.2, 0.25) is 0 Å². The number of rotatable bonds is 16. The highest BCUT2D eigenvalue weighted by Crippen LogP contribution is 2.60. The summed E-state index contributed by atoms with van der Waals surface area (Å²) >= 11 is 1.78. The maximum absolute atomic E-state index is 14.7. The van der Waals surface area contributed by atoms with Gasteiger partial charge in [-0.1, -0.05) is 240 Å². The molecule has 0 aliphatic carbocycles. The molecule has 2 heterocycles. The molecule has 2 aliphatic rings. The lowest BCUT2D eigenvalue weighted by atomic mass is 9.72. The van der Waals surface area contributed by atoms with Crippen LogP contribution in [0.5, 0.6) is 46.0 Å². The molecule has 8 nitrogen and oxygen atoms in total. The van der Waals surface area contributed by atoms with E-state index in [0.717, 1.165) is 106 Å². The summed E-state index contributed by atoms with van der Waals surface area (Å²) in [6.07, 6.45) is 5.25. The number of benzene rings is 14. The Hall–Kier alpha value is -10.4. The summed E-state index contributed by atoms with van der Waals surface area (Å²) in [5.41, 5.74) is 9.32. The second-order valence-corrected chi connectivity index (χ2v) is 38.2. The van der Waals surface area contributed by atoms with Gasteiger partial charge in [0, 0.05) is 58.9 Å². The van der Waals surface area contributed by atoms with Crippen LogP contribution in [0.25, 0.3) is 81.0 Å². The van der Waals surface area contributed by atoms with E-state index in [-0.39, 0.29) is 49.0 Å². The molecular formula is C99H97NO7S. The quantitative estimate of drug-likeness (QED) is 0.0406. The van der Waals surface area contributed by atoms with Gasteiger partial charge >= 0.3 is 11.9 Å². The molecule has 9 heteroatoms. The van der Waals surface area contributed by atoms with Gasteiger partial charge in [-0.3, -0.25) is 0 Å². The standard InChI is InChI=1S/C99H97NO7S/c1-57(53-93(2,3)4)58-28-36-62(37-29-58)106-79-52-75(100-73-24-20-22-26-80(73)108-81-27-23-21-25-74(81)100)66-48-49-76(103-63-38-30-59(31-39-63)97(14,15)54-94(5,6)7)85-67-44-46-69-83-70(47-45-68(82(67)83)86(79)89(66)85)88-78(105-65-42-34-61(35-43-65)99(18,19)56-96(11,12)13)51-72-84-71(91(101)107-92(72)102)50-77(87(69)90(84)88)104-64-40-32-60(33-41-64)98(16,17)55-95(8,9)10/h20-53H,54-56H2,1-19H3/b57-53+. The molecular weight excluding hydrogens is 1350 g/mol. The van der Waals surface area contributed by atoms with Crippen molar-refractivity contribution in [3.63, 3.8) is 0 Å². The number of para-hydroxylation sites is 2. The lowest BCUT2D eigenvalue weighted by Crippen LogP contribution is -2.24. The van der Waals surface area contributed by atoms with E-state index in [9.17, 15) is 9.59 Å². The smallest absolute Gasteiger partial charge is 0.346 e. The SMILES string of the molecule is C/C(=C\C(C)(C)C)c1ccc(Oc2cc(N3c4ccccc4Sc4ccccc43)c3ccc(Oc4ccc(C(C)(C)CC(C)(C)C)cc4)c4c5ccc6c7c(Oc8ccc(C(C)(C)CC(C)(C)C)cc8)cc8c9c(cc(Oc%10ccc(C(C)(C)CC(C)(C)C)cc%10)c(c%10ccc(c2c34)c5c6%10)c97)C(=O)OC8=O)cc1. The Labute approximate surface area is 640 Å². The first-order chi connectivity index (χ1) is 50.9. The van der Waals surface area contributed by atoms with Gasteiger partial charge in [-0.05, 0) is 221 Å². The number of hydrogen-bond acceptors (Lipinski definition) is 9. The van der Waals surface area contributed by atoms with Gasteiger partial charge < -0.3 is 28.6 Å². The molecule has 0 spiro atoms. The summed E-state index contributed by atoms with van der Waals surface area (Å²) in [4.78, 5) is 34.0. The molecule has 16 rings (SSSR count). The van der Waals surface area contributed by atoms with Crippen molar-refractivity contribution in [2.45, 2.75) is 177 Å². The summed E-state index contributed by atoms with van der Waals surface area (Å²) in [6.45, 7) is 43.3. The van der Waals surface area contributed by atoms with Gasteiger partial charge in [-0.15, -0.1) is 0 Å². The molecule has 2 aliphatic heterocycles. The van der Waals surface area contributed by atoms with Crippen molar-refractivity contribution < 1.29 is 33.3 Å². The topological polar surface area (TPSA) is 83.5 Å². The Morgan fingerprint density at radius 3 is 1.08 bits per heavy atom. The maximum atomic E-state index is 14.7. The number of cyclic esters (lactones) is 2. The highest BCUT2D eigenvalue weighted by atomic mass is 32.2. The fourth-order valence-corrected chi connectivity index (χ4v) is 19.7. The molecule has 0 radical (unpaired) electrons. The van der Waals surface area contributed by atoms with E-state index >= 15 is 0 Å². The van der Waals surface area contributed by atoms with E-state index in [1.54, 1.807) is 23.9 Å². The highest BCUT2D eigenvalue weighted by molar-refractivity contribution is 7.99. The first-order valence-corrected chi connectivity index (χ1v) is 38.9. The van der Waals surface area contributed by atoms with Crippen LogP contribution in [-0.4, -0.2) is 11.9 Å². The molecule has 0 N–H and O–H groups in total. The van der Waals surface area contributed by atoms with Crippen molar-refractivity contribution >= 4 is 122 Å². The van der Waals surface area contributed by atoms with Gasteiger partial charge in [0.15, 0.2) is 0 Å². The van der Waals surface area contributed by atoms with Crippen molar-refractivity contribution in [3.8, 4) is 46.0 Å². The number of carbonyl (C=O) groups excluding carboxylic acids is 2. The van der Waals surface area contributed by atoms with E-state index in [1.165, 1.54) is 22.3 Å². The Bertz CT molecular complexity index is 5800. The van der Waals surface area contributed by atoms with Gasteiger partial charge in [0.05, 0.1) is 28.2 Å². The molecule has 546 valence electrons. The molecule has 0 saturated carbocycles. The molecule has 0 amide bonds. The summed E-state index contributed by atoms with van der Waals surface area (Å²) in [5.74, 6) is 3.23. The van der Waals surface area contributed by atoms with Gasteiger partial charge in [0.1, 0.15) is 46.0 Å². The molecule has 0 aromatic heterocycles. The number of nitrogens with zero attached hydrogens (tertiary/aromatic N) is 1. The number of hydrogen-bond donors (Lipinski definition) is 0. The minimum atomic E-state index is -0.749. The molecule has 0 saturated heterocycles. The molecule has 0 fully saturated rings. The van der Waals surface area contributed by atoms with Gasteiger partial charge in [-0.2, -0.15) is 0 Å². The fourth-order valence-electron chi connectivity index (χ4n) is 18.7. The Kier molecular flexibility index (Phi) is 17.1. The molecule has 0 bridgehead atoms. The molecule has 0 atom stereocenters. The summed E-state index contributed by atoms with van der Waals surface area (Å²) in [7, 11) is 0. The zero-order valence-corrected chi connectivity index (χ0v) is 66.8. The predicted molar refractivity (Wildman–Crippen MR) is 450 cm³/mol. The summed E-state index contributed by atoms with van der Waals surface area (Å²) in [5, 5.41) is 11.8. The Balaban J connectivity index is 1.03. The molecule has 0 unspecified atom stereocenters. The second kappa shape index (κ2) is 25.7. The minimum Gasteiger partial charge on any atom is -0.457 e. The van der Waals surface area contributed by atoms with Crippen LogP contribution in [0.15, 0.2) is 216 Å². The second-order valence-electron chi connectivity index (χ2n) is 37.2. The number of fused-ring (bicyclic) bond motifs is 6. The van der Waals surface area contributed by atoms with Crippen LogP contribution < -0.4 is 23.8 Å². The van der Waals surface area contributed by atoms with E-state index in [4.69, 9.17) is 23.7 Å². The summed E-state index contributed by atoms with van der Waals surface area (Å²) < 4.78 is 35.6.